The zero-order chi connectivity index (χ0) is 14.4. The molecule has 0 aliphatic carbocycles. The largest absolute Gasteiger partial charge is 0.378 e. The van der Waals surface area contributed by atoms with Crippen LogP contribution in [0.15, 0.2) is 12.1 Å². The molecule has 0 bridgehead atoms. The van der Waals surface area contributed by atoms with Gasteiger partial charge in [0, 0.05) is 19.7 Å². The molecule has 0 saturated carbocycles. The van der Waals surface area contributed by atoms with Crippen LogP contribution in [0.3, 0.4) is 0 Å². The fourth-order valence-corrected chi connectivity index (χ4v) is 2.22. The van der Waals surface area contributed by atoms with E-state index in [1.54, 1.807) is 0 Å². The number of nitrogens with one attached hydrogen (secondary N) is 2. The number of pyridine rings is 1. The van der Waals surface area contributed by atoms with Crippen molar-refractivity contribution in [3.63, 3.8) is 0 Å². The number of nitrogens with zero attached hydrogens (tertiary/aromatic N) is 2. The maximum atomic E-state index is 10.9. The van der Waals surface area contributed by atoms with Crippen LogP contribution in [0.25, 0.3) is 0 Å². The van der Waals surface area contributed by atoms with Gasteiger partial charge < -0.3 is 15.4 Å². The topological polar surface area (TPSA) is 89.3 Å². The Morgan fingerprint density at radius 2 is 2.20 bits per heavy atom. The Labute approximate surface area is 117 Å². The molecule has 0 spiro atoms. The first-order chi connectivity index (χ1) is 9.69. The highest BCUT2D eigenvalue weighted by Gasteiger charge is 2.15. The van der Waals surface area contributed by atoms with Gasteiger partial charge in [0.1, 0.15) is 11.6 Å². The Morgan fingerprint density at radius 3 is 2.80 bits per heavy atom. The van der Waals surface area contributed by atoms with E-state index in [0.717, 1.165) is 25.9 Å². The highest BCUT2D eigenvalue weighted by atomic mass is 16.6. The zero-order valence-corrected chi connectivity index (χ0v) is 11.6. The minimum absolute atomic E-state index is 0.0376. The summed E-state index contributed by atoms with van der Waals surface area (Å²) in [5, 5.41) is 17.0. The lowest BCUT2D eigenvalue weighted by Crippen LogP contribution is -2.13. The van der Waals surface area contributed by atoms with Crippen LogP contribution in [0.4, 0.5) is 17.3 Å². The van der Waals surface area contributed by atoms with Crippen LogP contribution in [0, 0.1) is 10.1 Å². The van der Waals surface area contributed by atoms with E-state index in [1.165, 1.54) is 12.1 Å². The first kappa shape index (κ1) is 14.5. The molecule has 20 heavy (non-hydrogen) atoms. The summed E-state index contributed by atoms with van der Waals surface area (Å²) in [5.74, 6) is 1.04. The second-order valence-corrected chi connectivity index (χ2v) is 4.73. The third kappa shape index (κ3) is 4.06. The van der Waals surface area contributed by atoms with Crippen LogP contribution in [-0.2, 0) is 4.74 Å². The number of hydrogen-bond donors (Lipinski definition) is 2. The number of aromatic nitrogens is 1. The Bertz CT molecular complexity index is 461. The number of anilines is 2. The number of nitro groups is 1. The van der Waals surface area contributed by atoms with Crippen LogP contribution in [0.1, 0.15) is 26.2 Å². The van der Waals surface area contributed by atoms with Gasteiger partial charge in [-0.1, -0.05) is 0 Å². The molecule has 110 valence electrons. The predicted octanol–water partition coefficient (Wildman–Crippen LogP) is 2.40. The fraction of sp³-hybridized carbons (Fsp3) is 0.615. The average Bonchev–Trinajstić information content (AvgIpc) is 2.92. The van der Waals surface area contributed by atoms with Gasteiger partial charge in [-0.15, -0.1) is 0 Å². The van der Waals surface area contributed by atoms with E-state index in [0.29, 0.717) is 30.8 Å². The minimum Gasteiger partial charge on any atom is -0.378 e. The normalized spacial score (nSPS) is 17.9. The smallest absolute Gasteiger partial charge is 0.276 e. The van der Waals surface area contributed by atoms with E-state index in [4.69, 9.17) is 4.74 Å². The van der Waals surface area contributed by atoms with Crippen molar-refractivity contribution in [1.82, 2.24) is 4.98 Å². The van der Waals surface area contributed by atoms with Crippen molar-refractivity contribution in [2.45, 2.75) is 32.3 Å². The quantitative estimate of drug-likeness (QED) is 0.589. The molecule has 2 heterocycles. The lowest BCUT2D eigenvalue weighted by Gasteiger charge is -2.11. The van der Waals surface area contributed by atoms with Gasteiger partial charge >= 0.3 is 0 Å². The standard InChI is InChI=1S/C13H20N4O3/c1-2-14-12-8-10(17(18)19)9-13(16-12)15-6-5-11-4-3-7-20-11/h8-9,11H,2-7H2,1H3,(H2,14,15,16). The minimum atomic E-state index is -0.409. The molecular formula is C13H20N4O3. The van der Waals surface area contributed by atoms with E-state index in [9.17, 15) is 10.1 Å². The van der Waals surface area contributed by atoms with Crippen molar-refractivity contribution < 1.29 is 9.66 Å². The van der Waals surface area contributed by atoms with Crippen LogP contribution < -0.4 is 10.6 Å². The van der Waals surface area contributed by atoms with Gasteiger partial charge in [0.15, 0.2) is 0 Å². The third-order valence-electron chi connectivity index (χ3n) is 3.18. The summed E-state index contributed by atoms with van der Waals surface area (Å²) in [6.07, 6.45) is 3.40. The third-order valence-corrected chi connectivity index (χ3v) is 3.18. The summed E-state index contributed by atoms with van der Waals surface area (Å²) in [4.78, 5) is 14.8. The van der Waals surface area contributed by atoms with Crippen LogP contribution in [-0.4, -0.2) is 35.7 Å². The number of rotatable bonds is 7. The number of hydrogen-bond acceptors (Lipinski definition) is 6. The summed E-state index contributed by atoms with van der Waals surface area (Å²) in [6.45, 7) is 4.13. The summed E-state index contributed by atoms with van der Waals surface area (Å²) in [5.41, 5.74) is 0.0376. The van der Waals surface area contributed by atoms with Gasteiger partial charge in [0.05, 0.1) is 23.2 Å². The summed E-state index contributed by atoms with van der Waals surface area (Å²) >= 11 is 0. The summed E-state index contributed by atoms with van der Waals surface area (Å²) in [7, 11) is 0. The fourth-order valence-electron chi connectivity index (χ4n) is 2.22. The summed E-state index contributed by atoms with van der Waals surface area (Å²) in [6, 6.07) is 2.89. The Kier molecular flexibility index (Phi) is 5.11. The van der Waals surface area contributed by atoms with Gasteiger partial charge in [-0.3, -0.25) is 10.1 Å². The molecule has 2 rings (SSSR count). The molecule has 1 aliphatic heterocycles. The molecule has 1 saturated heterocycles. The molecule has 0 aromatic carbocycles. The SMILES string of the molecule is CCNc1cc([N+](=O)[O-])cc(NCCC2CCCO2)n1. The molecule has 1 aromatic heterocycles. The van der Waals surface area contributed by atoms with Crippen molar-refractivity contribution in [1.29, 1.82) is 0 Å². The molecule has 0 amide bonds. The molecular weight excluding hydrogens is 260 g/mol. The van der Waals surface area contributed by atoms with Gasteiger partial charge in [-0.25, -0.2) is 4.98 Å². The number of ether oxygens (including phenoxy) is 1. The second-order valence-electron chi connectivity index (χ2n) is 4.73. The van der Waals surface area contributed by atoms with Crippen molar-refractivity contribution in [2.24, 2.45) is 0 Å². The van der Waals surface area contributed by atoms with Crippen molar-refractivity contribution in [3.05, 3.63) is 22.2 Å². The zero-order valence-electron chi connectivity index (χ0n) is 11.6. The average molecular weight is 280 g/mol. The molecule has 7 nitrogen and oxygen atoms in total. The Balaban J connectivity index is 1.96. The molecule has 1 fully saturated rings. The lowest BCUT2D eigenvalue weighted by atomic mass is 10.2. The van der Waals surface area contributed by atoms with E-state index in [1.807, 2.05) is 6.92 Å². The van der Waals surface area contributed by atoms with E-state index >= 15 is 0 Å². The van der Waals surface area contributed by atoms with Gasteiger partial charge in [-0.2, -0.15) is 0 Å². The molecule has 0 radical (unpaired) electrons. The maximum absolute atomic E-state index is 10.9. The Hall–Kier alpha value is -1.89. The van der Waals surface area contributed by atoms with Gasteiger partial charge in [0.2, 0.25) is 0 Å². The second kappa shape index (κ2) is 7.04. The monoisotopic (exact) mass is 280 g/mol. The van der Waals surface area contributed by atoms with Crippen LogP contribution in [0.5, 0.6) is 0 Å². The predicted molar refractivity (Wildman–Crippen MR) is 77.1 cm³/mol. The highest BCUT2D eigenvalue weighted by Crippen LogP contribution is 2.21. The van der Waals surface area contributed by atoms with Crippen LogP contribution >= 0.6 is 0 Å². The molecule has 1 aliphatic rings. The maximum Gasteiger partial charge on any atom is 0.276 e. The van der Waals surface area contributed by atoms with Crippen molar-refractivity contribution in [2.75, 3.05) is 30.3 Å². The molecule has 1 unspecified atom stereocenters. The first-order valence-electron chi connectivity index (χ1n) is 6.95. The van der Waals surface area contributed by atoms with E-state index in [2.05, 4.69) is 15.6 Å². The van der Waals surface area contributed by atoms with E-state index in [-0.39, 0.29) is 5.69 Å². The van der Waals surface area contributed by atoms with Crippen molar-refractivity contribution >= 4 is 17.3 Å². The molecule has 2 N–H and O–H groups in total. The molecule has 1 atom stereocenters. The molecule has 1 aromatic rings. The lowest BCUT2D eigenvalue weighted by molar-refractivity contribution is -0.384. The van der Waals surface area contributed by atoms with E-state index < -0.39 is 4.92 Å². The first-order valence-corrected chi connectivity index (χ1v) is 6.95. The van der Waals surface area contributed by atoms with Gasteiger partial charge in [0.25, 0.3) is 5.69 Å². The van der Waals surface area contributed by atoms with Crippen LogP contribution in [0.2, 0.25) is 0 Å². The van der Waals surface area contributed by atoms with Gasteiger partial charge in [-0.05, 0) is 26.2 Å². The highest BCUT2D eigenvalue weighted by molar-refractivity contribution is 5.54. The molecule has 7 heteroatoms. The Morgan fingerprint density at radius 1 is 1.45 bits per heavy atom. The van der Waals surface area contributed by atoms with Crippen molar-refractivity contribution in [3.8, 4) is 0 Å². The summed E-state index contributed by atoms with van der Waals surface area (Å²) < 4.78 is 5.53.